The highest BCUT2D eigenvalue weighted by Crippen LogP contribution is 2.34. The fraction of sp³-hybridized carbons (Fsp3) is 0.0435. The number of aromatic nitrogens is 1. The van der Waals surface area contributed by atoms with Gasteiger partial charge in [-0.15, -0.1) is 11.3 Å². The predicted octanol–water partition coefficient (Wildman–Crippen LogP) is 4.77. The third kappa shape index (κ3) is 4.26. The minimum absolute atomic E-state index is 0.0405. The van der Waals surface area contributed by atoms with Crippen molar-refractivity contribution in [2.45, 2.75) is 6.42 Å². The molecule has 0 atom stereocenters. The molecular weight excluding hydrogens is 400 g/mol. The van der Waals surface area contributed by atoms with E-state index in [1.807, 2.05) is 30.3 Å². The van der Waals surface area contributed by atoms with Crippen molar-refractivity contribution in [1.82, 2.24) is 4.98 Å². The van der Waals surface area contributed by atoms with Gasteiger partial charge in [-0.2, -0.15) is 0 Å². The molecule has 1 amide bonds. The van der Waals surface area contributed by atoms with E-state index in [-0.39, 0.29) is 22.8 Å². The molecule has 4 rings (SSSR count). The van der Waals surface area contributed by atoms with Crippen molar-refractivity contribution in [2.75, 3.05) is 5.32 Å². The third-order valence-electron chi connectivity index (χ3n) is 4.49. The van der Waals surface area contributed by atoms with Crippen LogP contribution in [0.4, 0.5) is 5.13 Å². The molecule has 3 aromatic carbocycles. The molecule has 0 fully saturated rings. The van der Waals surface area contributed by atoms with Gasteiger partial charge in [0.25, 0.3) is 5.91 Å². The van der Waals surface area contributed by atoms with Crippen LogP contribution in [0.25, 0.3) is 11.3 Å². The summed E-state index contributed by atoms with van der Waals surface area (Å²) in [6.45, 7) is 0. The highest BCUT2D eigenvalue weighted by molar-refractivity contribution is 7.16. The van der Waals surface area contributed by atoms with Gasteiger partial charge in [0, 0.05) is 22.9 Å². The topological polar surface area (TPSA) is 103 Å². The number of phenols is 3. The molecule has 0 spiro atoms. The molecule has 0 aliphatic rings. The van der Waals surface area contributed by atoms with Crippen molar-refractivity contribution in [2.24, 2.45) is 0 Å². The smallest absolute Gasteiger partial charge is 0.261 e. The summed E-state index contributed by atoms with van der Waals surface area (Å²) >= 11 is 1.35. The van der Waals surface area contributed by atoms with Crippen molar-refractivity contribution in [3.63, 3.8) is 0 Å². The molecule has 1 aromatic heterocycles. The molecule has 7 heteroatoms. The van der Waals surface area contributed by atoms with Crippen LogP contribution in [0.3, 0.4) is 0 Å². The minimum Gasteiger partial charge on any atom is -0.508 e. The lowest BCUT2D eigenvalue weighted by Crippen LogP contribution is -2.11. The molecule has 0 unspecified atom stereocenters. The van der Waals surface area contributed by atoms with E-state index in [4.69, 9.17) is 0 Å². The van der Waals surface area contributed by atoms with Gasteiger partial charge in [0.15, 0.2) is 5.13 Å². The maximum Gasteiger partial charge on any atom is 0.261 e. The molecule has 4 N–H and O–H groups in total. The van der Waals surface area contributed by atoms with Crippen LogP contribution in [0.5, 0.6) is 17.2 Å². The van der Waals surface area contributed by atoms with E-state index >= 15 is 0 Å². The first-order valence-electron chi connectivity index (χ1n) is 9.16. The Bertz CT molecular complexity index is 1190. The Morgan fingerprint density at radius 1 is 0.900 bits per heavy atom. The predicted molar refractivity (Wildman–Crippen MR) is 116 cm³/mol. The zero-order valence-electron chi connectivity index (χ0n) is 15.7. The number of carbonyl (C=O) groups excluding carboxylic acids is 1. The monoisotopic (exact) mass is 418 g/mol. The Kier molecular flexibility index (Phi) is 5.36. The van der Waals surface area contributed by atoms with Crippen molar-refractivity contribution in [1.29, 1.82) is 0 Å². The summed E-state index contributed by atoms with van der Waals surface area (Å²) in [4.78, 5) is 18.1. The molecule has 0 aliphatic carbocycles. The van der Waals surface area contributed by atoms with E-state index in [2.05, 4.69) is 10.3 Å². The first-order valence-corrected chi connectivity index (χ1v) is 9.97. The van der Waals surface area contributed by atoms with Crippen molar-refractivity contribution < 1.29 is 20.1 Å². The van der Waals surface area contributed by atoms with Gasteiger partial charge >= 0.3 is 0 Å². The molecule has 1 heterocycles. The number of anilines is 1. The van der Waals surface area contributed by atoms with E-state index in [0.717, 1.165) is 22.1 Å². The maximum atomic E-state index is 12.6. The van der Waals surface area contributed by atoms with Gasteiger partial charge in [-0.3, -0.25) is 10.1 Å². The van der Waals surface area contributed by atoms with Gasteiger partial charge in [-0.1, -0.05) is 30.3 Å². The van der Waals surface area contributed by atoms with E-state index < -0.39 is 5.91 Å². The first-order chi connectivity index (χ1) is 14.5. The Hall–Kier alpha value is -3.84. The number of aromatic hydroxyl groups is 3. The molecule has 30 heavy (non-hydrogen) atoms. The number of hydrogen-bond acceptors (Lipinski definition) is 6. The lowest BCUT2D eigenvalue weighted by molar-refractivity contribution is 0.102. The number of phenolic OH excluding ortho intramolecular Hbond substituents is 3. The van der Waals surface area contributed by atoms with Gasteiger partial charge in [0.2, 0.25) is 0 Å². The molecule has 6 nitrogen and oxygen atoms in total. The largest absolute Gasteiger partial charge is 0.508 e. The van der Waals surface area contributed by atoms with Gasteiger partial charge in [0.05, 0.1) is 11.3 Å². The van der Waals surface area contributed by atoms with Crippen molar-refractivity contribution in [3.05, 3.63) is 88.8 Å². The second-order valence-corrected chi connectivity index (χ2v) is 7.74. The van der Waals surface area contributed by atoms with E-state index in [1.54, 1.807) is 24.3 Å². The number of rotatable bonds is 5. The Morgan fingerprint density at radius 2 is 1.60 bits per heavy atom. The Labute approximate surface area is 176 Å². The van der Waals surface area contributed by atoms with E-state index in [9.17, 15) is 20.1 Å². The quantitative estimate of drug-likeness (QED) is 0.374. The van der Waals surface area contributed by atoms with Gasteiger partial charge in [-0.05, 0) is 42.0 Å². The molecular formula is C23H18N2O4S. The summed E-state index contributed by atoms with van der Waals surface area (Å²) in [5.41, 5.74) is 2.69. The summed E-state index contributed by atoms with van der Waals surface area (Å²) in [6.07, 6.45) is 0.634. The first kappa shape index (κ1) is 19.5. The average molecular weight is 418 g/mol. The number of nitrogens with zero attached hydrogens (tertiary/aromatic N) is 1. The maximum absolute atomic E-state index is 12.6. The Morgan fingerprint density at radius 3 is 2.30 bits per heavy atom. The highest BCUT2D eigenvalue weighted by Gasteiger charge is 2.18. The molecule has 0 bridgehead atoms. The Balaban J connectivity index is 1.67. The van der Waals surface area contributed by atoms with Crippen molar-refractivity contribution >= 4 is 22.4 Å². The lowest BCUT2D eigenvalue weighted by atomic mass is 10.1. The summed E-state index contributed by atoms with van der Waals surface area (Å²) in [5.74, 6) is -0.801. The summed E-state index contributed by atoms with van der Waals surface area (Å²) in [7, 11) is 0. The van der Waals surface area contributed by atoms with Crippen LogP contribution in [0.1, 0.15) is 20.8 Å². The van der Waals surface area contributed by atoms with Gasteiger partial charge < -0.3 is 15.3 Å². The van der Waals surface area contributed by atoms with E-state index in [0.29, 0.717) is 17.2 Å². The third-order valence-corrected chi connectivity index (χ3v) is 5.46. The molecule has 150 valence electrons. The van der Waals surface area contributed by atoms with Crippen LogP contribution in [0, 0.1) is 0 Å². The number of benzene rings is 3. The number of thiazole rings is 1. The zero-order chi connectivity index (χ0) is 21.1. The number of hydrogen-bond donors (Lipinski definition) is 4. The van der Waals surface area contributed by atoms with Gasteiger partial charge in [-0.25, -0.2) is 4.98 Å². The number of amides is 1. The number of nitrogens with one attached hydrogen (secondary N) is 1. The van der Waals surface area contributed by atoms with Gasteiger partial charge in [0.1, 0.15) is 17.2 Å². The fourth-order valence-corrected chi connectivity index (χ4v) is 4.04. The lowest BCUT2D eigenvalue weighted by Gasteiger charge is -2.04. The SMILES string of the molecule is O=C(Nc1nc(-c2ccc(O)cc2)c(Cc2ccccc2)s1)c1ccc(O)cc1O. The molecule has 0 saturated carbocycles. The van der Waals surface area contributed by atoms with Crippen LogP contribution >= 0.6 is 11.3 Å². The zero-order valence-corrected chi connectivity index (χ0v) is 16.6. The molecule has 4 aromatic rings. The fourth-order valence-electron chi connectivity index (χ4n) is 3.03. The summed E-state index contributed by atoms with van der Waals surface area (Å²) in [5, 5.41) is 32.1. The number of carbonyl (C=O) groups is 1. The second-order valence-electron chi connectivity index (χ2n) is 6.66. The van der Waals surface area contributed by atoms with Crippen LogP contribution in [-0.2, 0) is 6.42 Å². The van der Waals surface area contributed by atoms with Crippen LogP contribution in [0.2, 0.25) is 0 Å². The van der Waals surface area contributed by atoms with Crippen molar-refractivity contribution in [3.8, 4) is 28.5 Å². The van der Waals surface area contributed by atoms with Crippen LogP contribution < -0.4 is 5.32 Å². The van der Waals surface area contributed by atoms with Crippen LogP contribution in [-0.4, -0.2) is 26.2 Å². The standard InChI is InChI=1S/C23H18N2O4S/c26-16-8-6-15(7-9-16)21-20(12-14-4-2-1-3-5-14)30-23(24-21)25-22(29)18-11-10-17(27)13-19(18)28/h1-11,13,26-28H,12H2,(H,24,25,29). The molecule has 0 saturated heterocycles. The summed E-state index contributed by atoms with van der Waals surface area (Å²) < 4.78 is 0. The normalized spacial score (nSPS) is 10.7. The summed E-state index contributed by atoms with van der Waals surface area (Å²) in [6, 6.07) is 20.4. The van der Waals surface area contributed by atoms with E-state index in [1.165, 1.54) is 23.5 Å². The second kappa shape index (κ2) is 8.26. The average Bonchev–Trinajstić information content (AvgIpc) is 3.11. The molecule has 0 radical (unpaired) electrons. The highest BCUT2D eigenvalue weighted by atomic mass is 32.1. The van der Waals surface area contributed by atoms with Crippen LogP contribution in [0.15, 0.2) is 72.8 Å². The molecule has 0 aliphatic heterocycles. The minimum atomic E-state index is -0.523.